The van der Waals surface area contributed by atoms with Crippen LogP contribution in [-0.2, 0) is 11.2 Å². The maximum atomic E-state index is 11.2. The molecule has 0 saturated heterocycles. The van der Waals surface area contributed by atoms with E-state index < -0.39 is 11.6 Å². The largest absolute Gasteiger partial charge is 0.478 e. The fourth-order valence-electron chi connectivity index (χ4n) is 2.57. The lowest BCUT2D eigenvalue weighted by Gasteiger charge is -2.21. The zero-order chi connectivity index (χ0) is 20.1. The summed E-state index contributed by atoms with van der Waals surface area (Å²) >= 11 is 3.49. The van der Waals surface area contributed by atoms with Crippen LogP contribution in [0.4, 0.5) is 0 Å². The quantitative estimate of drug-likeness (QED) is 0.480. The van der Waals surface area contributed by atoms with E-state index in [0.29, 0.717) is 5.75 Å². The minimum atomic E-state index is -1.24. The summed E-state index contributed by atoms with van der Waals surface area (Å²) in [5.41, 5.74) is 1.07. The van der Waals surface area contributed by atoms with E-state index >= 15 is 0 Å². The minimum Gasteiger partial charge on any atom is -0.478 e. The van der Waals surface area contributed by atoms with Crippen LogP contribution in [0.15, 0.2) is 59.5 Å². The zero-order valence-electron chi connectivity index (χ0n) is 16.1. The Kier molecular flexibility index (Phi) is 6.42. The van der Waals surface area contributed by atoms with Gasteiger partial charge in [0.2, 0.25) is 0 Å². The fourth-order valence-corrected chi connectivity index (χ4v) is 4.40. The lowest BCUT2D eigenvalue weighted by Crippen LogP contribution is -2.37. The van der Waals surface area contributed by atoms with E-state index in [1.807, 2.05) is 42.5 Å². The first-order chi connectivity index (χ1) is 13.3. The average Bonchev–Trinajstić information content (AvgIpc) is 3.04. The smallest absolute Gasteiger partial charge is 0.347 e. The summed E-state index contributed by atoms with van der Waals surface area (Å²) in [7, 11) is 0. The first kappa shape index (κ1) is 20.4. The van der Waals surface area contributed by atoms with Crippen LogP contribution in [0, 0.1) is 6.92 Å². The number of carbonyl (C=O) groups is 1. The number of carboxylic acid groups (broad SMARTS) is 1. The topological polar surface area (TPSA) is 59.4 Å². The molecule has 0 atom stereocenters. The molecule has 0 saturated carbocycles. The second kappa shape index (κ2) is 8.80. The van der Waals surface area contributed by atoms with E-state index in [0.717, 1.165) is 33.3 Å². The van der Waals surface area contributed by atoms with Crippen molar-refractivity contribution in [1.29, 1.82) is 0 Å². The molecule has 0 aliphatic carbocycles. The third-order valence-electron chi connectivity index (χ3n) is 4.23. The lowest BCUT2D eigenvalue weighted by atomic mass is 10.1. The highest BCUT2D eigenvalue weighted by molar-refractivity contribution is 7.99. The summed E-state index contributed by atoms with van der Waals surface area (Å²) in [6.07, 6.45) is 0.907. The molecule has 1 aromatic heterocycles. The van der Waals surface area contributed by atoms with Crippen LogP contribution < -0.4 is 4.74 Å². The van der Waals surface area contributed by atoms with Crippen molar-refractivity contribution in [3.8, 4) is 16.3 Å². The van der Waals surface area contributed by atoms with Crippen molar-refractivity contribution in [3.05, 3.63) is 65.2 Å². The number of hydrogen-bond acceptors (Lipinski definition) is 5. The van der Waals surface area contributed by atoms with Gasteiger partial charge in [-0.1, -0.05) is 30.3 Å². The molecule has 0 fully saturated rings. The van der Waals surface area contributed by atoms with Crippen molar-refractivity contribution >= 4 is 29.1 Å². The second-order valence-corrected chi connectivity index (χ2v) is 9.25. The average molecular weight is 414 g/mol. The van der Waals surface area contributed by atoms with Gasteiger partial charge in [0, 0.05) is 27.5 Å². The molecule has 0 aliphatic rings. The normalized spacial score (nSPS) is 11.4. The molecule has 3 aromatic rings. The molecule has 0 spiro atoms. The van der Waals surface area contributed by atoms with Crippen LogP contribution in [0.3, 0.4) is 0 Å². The Morgan fingerprint density at radius 3 is 2.46 bits per heavy atom. The summed E-state index contributed by atoms with van der Waals surface area (Å²) in [6.45, 7) is 5.20. The molecule has 4 nitrogen and oxygen atoms in total. The Balaban J connectivity index is 1.56. The molecule has 2 aromatic carbocycles. The van der Waals surface area contributed by atoms with Gasteiger partial charge in [0.1, 0.15) is 10.8 Å². The molecule has 1 heterocycles. The molecule has 6 heteroatoms. The molecule has 28 heavy (non-hydrogen) atoms. The van der Waals surface area contributed by atoms with Crippen LogP contribution in [0.1, 0.15) is 24.4 Å². The molecule has 0 amide bonds. The van der Waals surface area contributed by atoms with Crippen molar-refractivity contribution in [1.82, 2.24) is 4.98 Å². The summed E-state index contributed by atoms with van der Waals surface area (Å²) in [6, 6.07) is 17.8. The van der Waals surface area contributed by atoms with Gasteiger partial charge in [0.05, 0.1) is 5.69 Å². The van der Waals surface area contributed by atoms with Crippen molar-refractivity contribution in [2.45, 2.75) is 37.7 Å². The number of rotatable bonds is 8. The third-order valence-corrected chi connectivity index (χ3v) is 6.31. The first-order valence-electron chi connectivity index (χ1n) is 9.02. The van der Waals surface area contributed by atoms with Gasteiger partial charge in [0.15, 0.2) is 5.60 Å². The molecule has 0 unspecified atom stereocenters. The lowest BCUT2D eigenvalue weighted by molar-refractivity contribution is -0.152. The number of thiazole rings is 1. The SMILES string of the molecule is Cc1sc(-c2ccccc2)nc1CCSc1ccc(OC(C)(C)C(=O)O)cc1. The summed E-state index contributed by atoms with van der Waals surface area (Å²) in [5.74, 6) is 0.499. The van der Waals surface area contributed by atoms with Crippen LogP contribution >= 0.6 is 23.1 Å². The molecule has 1 N–H and O–H groups in total. The predicted molar refractivity (Wildman–Crippen MR) is 115 cm³/mol. The Morgan fingerprint density at radius 1 is 1.14 bits per heavy atom. The first-order valence-corrected chi connectivity index (χ1v) is 10.8. The zero-order valence-corrected chi connectivity index (χ0v) is 17.8. The van der Waals surface area contributed by atoms with Crippen molar-refractivity contribution in [2.75, 3.05) is 5.75 Å². The van der Waals surface area contributed by atoms with Crippen molar-refractivity contribution in [2.24, 2.45) is 0 Å². The van der Waals surface area contributed by atoms with Crippen molar-refractivity contribution in [3.63, 3.8) is 0 Å². The maximum Gasteiger partial charge on any atom is 0.347 e. The van der Waals surface area contributed by atoms with Gasteiger partial charge in [-0.25, -0.2) is 9.78 Å². The molecule has 0 bridgehead atoms. The highest BCUT2D eigenvalue weighted by atomic mass is 32.2. The molecule has 0 radical (unpaired) electrons. The second-order valence-electron chi connectivity index (χ2n) is 6.88. The maximum absolute atomic E-state index is 11.2. The van der Waals surface area contributed by atoms with E-state index in [9.17, 15) is 4.79 Å². The van der Waals surface area contributed by atoms with Gasteiger partial charge < -0.3 is 9.84 Å². The molecule has 3 rings (SSSR count). The van der Waals surface area contributed by atoms with Crippen LogP contribution in [0.25, 0.3) is 10.6 Å². The summed E-state index contributed by atoms with van der Waals surface area (Å²) in [4.78, 5) is 18.4. The number of benzene rings is 2. The number of nitrogens with zero attached hydrogens (tertiary/aromatic N) is 1. The molecular formula is C22H23NO3S2. The number of aliphatic carboxylic acids is 1. The fraction of sp³-hybridized carbons (Fsp3) is 0.273. The number of ether oxygens (including phenoxy) is 1. The van der Waals surface area contributed by atoms with E-state index in [-0.39, 0.29) is 0 Å². The number of carboxylic acids is 1. The highest BCUT2D eigenvalue weighted by Crippen LogP contribution is 2.29. The van der Waals surface area contributed by atoms with Gasteiger partial charge in [0.25, 0.3) is 0 Å². The van der Waals surface area contributed by atoms with Gasteiger partial charge >= 0.3 is 5.97 Å². The highest BCUT2D eigenvalue weighted by Gasteiger charge is 2.29. The predicted octanol–water partition coefficient (Wildman–Crippen LogP) is 5.70. The Hall–Kier alpha value is -2.31. The Bertz CT molecular complexity index is 934. The summed E-state index contributed by atoms with van der Waals surface area (Å²) in [5, 5.41) is 10.2. The third kappa shape index (κ3) is 5.14. The van der Waals surface area contributed by atoms with Gasteiger partial charge in [-0.2, -0.15) is 0 Å². The minimum absolute atomic E-state index is 0.555. The van der Waals surface area contributed by atoms with Crippen LogP contribution in [0.2, 0.25) is 0 Å². The number of hydrogen-bond donors (Lipinski definition) is 1. The standard InChI is InChI=1S/C22H23NO3S2/c1-15-19(23-20(28-15)16-7-5-4-6-8-16)13-14-27-18-11-9-17(10-12-18)26-22(2,3)21(24)25/h4-12H,13-14H2,1-3H3,(H,24,25). The van der Waals surface area contributed by atoms with E-state index in [4.69, 9.17) is 14.8 Å². The van der Waals surface area contributed by atoms with Gasteiger partial charge in [-0.15, -0.1) is 23.1 Å². The van der Waals surface area contributed by atoms with E-state index in [1.54, 1.807) is 23.1 Å². The molecular weight excluding hydrogens is 390 g/mol. The Labute approximate surface area is 173 Å². The number of thioether (sulfide) groups is 1. The summed E-state index contributed by atoms with van der Waals surface area (Å²) < 4.78 is 5.54. The van der Waals surface area contributed by atoms with Crippen LogP contribution in [-0.4, -0.2) is 27.4 Å². The Morgan fingerprint density at radius 2 is 1.82 bits per heavy atom. The van der Waals surface area contributed by atoms with Crippen LogP contribution in [0.5, 0.6) is 5.75 Å². The van der Waals surface area contributed by atoms with E-state index in [1.165, 1.54) is 18.7 Å². The van der Waals surface area contributed by atoms with Crippen molar-refractivity contribution < 1.29 is 14.6 Å². The van der Waals surface area contributed by atoms with Gasteiger partial charge in [-0.05, 0) is 45.0 Å². The number of aromatic nitrogens is 1. The molecule has 0 aliphatic heterocycles. The van der Waals surface area contributed by atoms with E-state index in [2.05, 4.69) is 19.1 Å². The van der Waals surface area contributed by atoms with Gasteiger partial charge in [-0.3, -0.25) is 0 Å². The molecule has 146 valence electrons. The number of aryl methyl sites for hydroxylation is 2. The monoisotopic (exact) mass is 413 g/mol.